The highest BCUT2D eigenvalue weighted by Crippen LogP contribution is 2.49. The number of aliphatic hydroxyl groups excluding tert-OH is 1. The minimum absolute atomic E-state index is 0.326. The van der Waals surface area contributed by atoms with Gasteiger partial charge in [-0.3, -0.25) is 4.90 Å². The summed E-state index contributed by atoms with van der Waals surface area (Å²) in [6.07, 6.45) is 0.742. The fraction of sp³-hybridized carbons (Fsp3) is 0.455. The molecule has 1 saturated heterocycles. The topological polar surface area (TPSA) is 52.9 Å². The SMILES string of the molecule is COc1cccc(C2(O)CC3CN(CC(O)c4cccc(F)c4)CC3C2)c1. The summed E-state index contributed by atoms with van der Waals surface area (Å²) in [4.78, 5) is 2.23. The van der Waals surface area contributed by atoms with Gasteiger partial charge in [-0.25, -0.2) is 4.39 Å². The van der Waals surface area contributed by atoms with Crippen LogP contribution in [0.4, 0.5) is 4.39 Å². The molecular formula is C22H26FNO3. The Morgan fingerprint density at radius 3 is 2.52 bits per heavy atom. The third kappa shape index (κ3) is 3.72. The quantitative estimate of drug-likeness (QED) is 0.848. The van der Waals surface area contributed by atoms with Gasteiger partial charge in [0.15, 0.2) is 0 Å². The van der Waals surface area contributed by atoms with E-state index in [1.807, 2.05) is 24.3 Å². The van der Waals surface area contributed by atoms with Gasteiger partial charge in [0, 0.05) is 19.6 Å². The van der Waals surface area contributed by atoms with E-state index in [4.69, 9.17) is 4.74 Å². The molecule has 1 heterocycles. The van der Waals surface area contributed by atoms with Crippen LogP contribution in [0, 0.1) is 17.7 Å². The number of benzene rings is 2. The van der Waals surface area contributed by atoms with Gasteiger partial charge < -0.3 is 14.9 Å². The average molecular weight is 371 g/mol. The number of likely N-dealkylation sites (tertiary alicyclic amines) is 1. The van der Waals surface area contributed by atoms with Crippen molar-refractivity contribution in [3.05, 3.63) is 65.5 Å². The Kier molecular flexibility index (Phi) is 4.93. The molecule has 27 heavy (non-hydrogen) atoms. The van der Waals surface area contributed by atoms with Gasteiger partial charge in [0.25, 0.3) is 0 Å². The number of rotatable bonds is 5. The van der Waals surface area contributed by atoms with Crippen molar-refractivity contribution < 1.29 is 19.3 Å². The summed E-state index contributed by atoms with van der Waals surface area (Å²) < 4.78 is 18.7. The molecule has 1 saturated carbocycles. The van der Waals surface area contributed by atoms with E-state index in [-0.39, 0.29) is 5.82 Å². The summed E-state index contributed by atoms with van der Waals surface area (Å²) in [6.45, 7) is 2.20. The summed E-state index contributed by atoms with van der Waals surface area (Å²) in [7, 11) is 1.63. The molecule has 0 amide bonds. The number of halogens is 1. The summed E-state index contributed by atoms with van der Waals surface area (Å²) in [6, 6.07) is 13.9. The second kappa shape index (κ2) is 7.23. The zero-order chi connectivity index (χ0) is 19.0. The fourth-order valence-corrected chi connectivity index (χ4v) is 4.81. The molecule has 2 aromatic carbocycles. The van der Waals surface area contributed by atoms with E-state index in [2.05, 4.69) is 4.90 Å². The van der Waals surface area contributed by atoms with Crippen LogP contribution in [0.3, 0.4) is 0 Å². The molecular weight excluding hydrogens is 345 g/mol. The number of methoxy groups -OCH3 is 1. The first-order chi connectivity index (χ1) is 13.0. The molecule has 2 aliphatic rings. The Hall–Kier alpha value is -1.95. The van der Waals surface area contributed by atoms with E-state index in [0.29, 0.717) is 23.9 Å². The molecule has 2 aromatic rings. The number of hydrogen-bond donors (Lipinski definition) is 2. The Balaban J connectivity index is 1.39. The third-order valence-electron chi connectivity index (χ3n) is 6.12. The normalized spacial score (nSPS) is 28.9. The first kappa shape index (κ1) is 18.4. The van der Waals surface area contributed by atoms with E-state index >= 15 is 0 Å². The first-order valence-electron chi connectivity index (χ1n) is 9.49. The van der Waals surface area contributed by atoms with Crippen molar-refractivity contribution in [1.29, 1.82) is 0 Å². The highest BCUT2D eigenvalue weighted by Gasteiger charge is 2.49. The number of β-amino-alcohol motifs (C(OH)–C–C–N with tert-alkyl or cyclic N) is 1. The standard InChI is InChI=1S/C22H26FNO3/c1-27-20-7-3-5-18(9-20)22(26)10-16-12-24(13-17(16)11-22)14-21(25)15-4-2-6-19(23)8-15/h2-9,16-17,21,25-26H,10-14H2,1H3. The van der Waals surface area contributed by atoms with Gasteiger partial charge in [-0.2, -0.15) is 0 Å². The second-order valence-corrected chi connectivity index (χ2v) is 7.98. The molecule has 0 spiro atoms. The van der Waals surface area contributed by atoms with Crippen LogP contribution in [-0.4, -0.2) is 41.9 Å². The molecule has 2 N–H and O–H groups in total. The van der Waals surface area contributed by atoms with Crippen LogP contribution < -0.4 is 4.74 Å². The smallest absolute Gasteiger partial charge is 0.123 e. The zero-order valence-electron chi connectivity index (χ0n) is 15.5. The lowest BCUT2D eigenvalue weighted by molar-refractivity contribution is 0.0286. The van der Waals surface area contributed by atoms with Crippen molar-refractivity contribution in [3.8, 4) is 5.75 Å². The Morgan fingerprint density at radius 1 is 1.15 bits per heavy atom. The lowest BCUT2D eigenvalue weighted by Gasteiger charge is -2.27. The number of fused-ring (bicyclic) bond motifs is 1. The van der Waals surface area contributed by atoms with Crippen LogP contribution >= 0.6 is 0 Å². The Bertz CT molecular complexity index is 798. The first-order valence-corrected chi connectivity index (χ1v) is 9.49. The maximum absolute atomic E-state index is 13.4. The van der Waals surface area contributed by atoms with E-state index < -0.39 is 11.7 Å². The molecule has 144 valence electrons. The minimum Gasteiger partial charge on any atom is -0.497 e. The molecule has 5 heteroatoms. The second-order valence-electron chi connectivity index (χ2n) is 7.98. The number of hydrogen-bond acceptors (Lipinski definition) is 4. The van der Waals surface area contributed by atoms with Crippen molar-refractivity contribution in [1.82, 2.24) is 4.90 Å². The maximum atomic E-state index is 13.4. The predicted molar refractivity (Wildman–Crippen MR) is 101 cm³/mol. The molecule has 0 radical (unpaired) electrons. The van der Waals surface area contributed by atoms with Crippen molar-refractivity contribution in [3.63, 3.8) is 0 Å². The van der Waals surface area contributed by atoms with Gasteiger partial charge in [0.2, 0.25) is 0 Å². The molecule has 0 bridgehead atoms. The van der Waals surface area contributed by atoms with Gasteiger partial charge >= 0.3 is 0 Å². The third-order valence-corrected chi connectivity index (χ3v) is 6.12. The molecule has 4 rings (SSSR count). The van der Waals surface area contributed by atoms with Crippen LogP contribution in [0.1, 0.15) is 30.1 Å². The number of nitrogens with zero attached hydrogens (tertiary/aromatic N) is 1. The van der Waals surface area contributed by atoms with Crippen LogP contribution in [0.15, 0.2) is 48.5 Å². The molecule has 1 aliphatic carbocycles. The van der Waals surface area contributed by atoms with Crippen LogP contribution in [0.2, 0.25) is 0 Å². The predicted octanol–water partition coefficient (Wildman–Crippen LogP) is 3.10. The van der Waals surface area contributed by atoms with E-state index in [1.165, 1.54) is 12.1 Å². The van der Waals surface area contributed by atoms with Crippen molar-refractivity contribution in [2.45, 2.75) is 24.5 Å². The molecule has 2 fully saturated rings. The highest BCUT2D eigenvalue weighted by atomic mass is 19.1. The maximum Gasteiger partial charge on any atom is 0.123 e. The average Bonchev–Trinajstić information content (AvgIpc) is 3.16. The van der Waals surface area contributed by atoms with Gasteiger partial charge in [-0.05, 0) is 60.1 Å². The van der Waals surface area contributed by atoms with Gasteiger partial charge in [-0.15, -0.1) is 0 Å². The van der Waals surface area contributed by atoms with E-state index in [1.54, 1.807) is 19.2 Å². The minimum atomic E-state index is -0.808. The van der Waals surface area contributed by atoms with E-state index in [0.717, 1.165) is 37.2 Å². The van der Waals surface area contributed by atoms with Gasteiger partial charge in [-0.1, -0.05) is 24.3 Å². The number of ether oxygens (including phenoxy) is 1. The summed E-state index contributed by atoms with van der Waals surface area (Å²) >= 11 is 0. The largest absolute Gasteiger partial charge is 0.497 e. The van der Waals surface area contributed by atoms with Gasteiger partial charge in [0.05, 0.1) is 18.8 Å². The molecule has 1 aliphatic heterocycles. The highest BCUT2D eigenvalue weighted by molar-refractivity contribution is 5.33. The molecule has 4 nitrogen and oxygen atoms in total. The van der Waals surface area contributed by atoms with Crippen molar-refractivity contribution >= 4 is 0 Å². The van der Waals surface area contributed by atoms with Crippen molar-refractivity contribution in [2.24, 2.45) is 11.8 Å². The Morgan fingerprint density at radius 2 is 1.85 bits per heavy atom. The lowest BCUT2D eigenvalue weighted by Crippen LogP contribution is -2.31. The van der Waals surface area contributed by atoms with Gasteiger partial charge in [0.1, 0.15) is 11.6 Å². The molecule has 3 unspecified atom stereocenters. The van der Waals surface area contributed by atoms with Crippen molar-refractivity contribution in [2.75, 3.05) is 26.7 Å². The van der Waals surface area contributed by atoms with Crippen LogP contribution in [-0.2, 0) is 5.60 Å². The summed E-state index contributed by atoms with van der Waals surface area (Å²) in [5.41, 5.74) is 0.722. The molecule has 0 aromatic heterocycles. The monoisotopic (exact) mass is 371 g/mol. The summed E-state index contributed by atoms with van der Waals surface area (Å²) in [5.74, 6) is 1.24. The zero-order valence-corrected chi connectivity index (χ0v) is 15.5. The number of aliphatic hydroxyl groups is 2. The lowest BCUT2D eigenvalue weighted by atomic mass is 9.90. The fourth-order valence-electron chi connectivity index (χ4n) is 4.81. The van der Waals surface area contributed by atoms with E-state index in [9.17, 15) is 14.6 Å². The summed E-state index contributed by atoms with van der Waals surface area (Å²) in [5, 5.41) is 21.6. The van der Waals surface area contributed by atoms with Crippen LogP contribution in [0.25, 0.3) is 0 Å². The van der Waals surface area contributed by atoms with Crippen LogP contribution in [0.5, 0.6) is 5.75 Å². The Labute approximate surface area is 159 Å². The molecule has 3 atom stereocenters.